The van der Waals surface area contributed by atoms with Crippen LogP contribution in [0.4, 0.5) is 0 Å². The fourth-order valence-corrected chi connectivity index (χ4v) is 17.5. The normalized spacial score (nSPS) is 31.5. The highest BCUT2D eigenvalue weighted by Crippen LogP contribution is 2.43. The molecule has 5 saturated heterocycles. The third-order valence-electron chi connectivity index (χ3n) is 25.0. The molecule has 756 valence electrons. The number of carbonyl (C=O) groups excluding carboxylic acids is 4. The van der Waals surface area contributed by atoms with E-state index < -0.39 is 283 Å². The van der Waals surface area contributed by atoms with Crippen molar-refractivity contribution in [3.05, 3.63) is 12.2 Å². The van der Waals surface area contributed by atoms with Crippen LogP contribution in [0.15, 0.2) is 12.2 Å². The Morgan fingerprint density at radius 2 is 0.769 bits per heavy atom. The van der Waals surface area contributed by atoms with Crippen molar-refractivity contribution < 1.29 is 183 Å². The second-order valence-corrected chi connectivity index (χ2v) is 35.7. The highest BCUT2D eigenvalue weighted by molar-refractivity contribution is 5.79. The van der Waals surface area contributed by atoms with Crippen molar-refractivity contribution in [2.45, 2.75) is 467 Å². The number of nitrogens with one attached hydrogen (secondary N) is 4. The number of carboxylic acids is 3. The standard InChI is InChI=1S/C89H158N4O37/c1-6-8-10-12-14-16-18-20-21-22-23-24-25-26-27-28-29-31-33-35-37-39-41-43-66(107)93-56(57(102)42-40-38-36-34-32-30-19-17-15-13-11-9-7-2)52-121-82-75(113)74(112)77(65(51-98)123-82)124-83-76(114)81(71(109)62(48-95)122-83)130-89(86(119)120)46-60(105)69(92-55(5)101)80(129-89)73(111)64(50-97)126-88(85(117)118)45-59(104)68(91-54(4)100)79(128-88)72(110)63(49-96)125-87(84(115)116)44-58(103)67(90-53(3)99)78(127-87)70(108)61(106)47-94/h40,42,56-65,67-83,94-98,102-106,108-114H,6-39,41,43-52H2,1-5H3,(H,90,99)(H,91,100)(H,92,101)(H,93,107)(H,115,116)(H,117,118)(H,119,120)/b42-40+/t56-,57+,58-,59-,60-,61+,62+,63+,64+,65+,67+,68+,69+,70+,71-,72+,73+,74+,75+,76+,77+,78?,79?,80?,81-,82+,83-,87+,88+,89-/m0/s1. The van der Waals surface area contributed by atoms with Crippen molar-refractivity contribution in [1.29, 1.82) is 0 Å². The maximum Gasteiger partial charge on any atom is 0.364 e. The zero-order valence-electron chi connectivity index (χ0n) is 76.4. The molecule has 3 unspecified atom stereocenters. The highest BCUT2D eigenvalue weighted by Gasteiger charge is 2.64. The maximum absolute atomic E-state index is 13.9. The topological polar surface area (TPSA) is 665 Å². The van der Waals surface area contributed by atoms with Crippen molar-refractivity contribution >= 4 is 41.5 Å². The Balaban J connectivity index is 1.30. The fourth-order valence-electron chi connectivity index (χ4n) is 17.5. The molecule has 0 aliphatic carbocycles. The smallest absolute Gasteiger partial charge is 0.364 e. The molecule has 5 aliphatic heterocycles. The van der Waals surface area contributed by atoms with Gasteiger partial charge in [0.25, 0.3) is 17.4 Å². The van der Waals surface area contributed by atoms with Crippen LogP contribution in [0.1, 0.15) is 285 Å². The van der Waals surface area contributed by atoms with Crippen molar-refractivity contribution in [3.8, 4) is 0 Å². The molecule has 4 amide bonds. The Hall–Kier alpha value is -5.05. The van der Waals surface area contributed by atoms with E-state index in [4.69, 9.17) is 47.4 Å². The number of carboxylic acid groups (broad SMARTS) is 3. The van der Waals surface area contributed by atoms with E-state index in [9.17, 15) is 136 Å². The average molecular weight is 1880 g/mol. The van der Waals surface area contributed by atoms with Crippen LogP contribution in [-0.4, -0.2) is 366 Å². The molecular formula is C89H158N4O37. The van der Waals surface area contributed by atoms with Gasteiger partial charge in [0.2, 0.25) is 23.6 Å². The molecule has 24 N–H and O–H groups in total. The van der Waals surface area contributed by atoms with Gasteiger partial charge in [-0.3, -0.25) is 19.2 Å². The van der Waals surface area contributed by atoms with E-state index >= 15 is 0 Å². The van der Waals surface area contributed by atoms with E-state index in [2.05, 4.69) is 35.1 Å². The minimum atomic E-state index is -3.58. The molecule has 5 heterocycles. The lowest BCUT2D eigenvalue weighted by atomic mass is 9.86. The van der Waals surface area contributed by atoms with Gasteiger partial charge >= 0.3 is 17.9 Å². The SMILES string of the molecule is CCCCCCCCCCCCC/C=C/[C@@H](O)[C@H](CO[C@@H]1O[C@H](CO)[C@@H](O[C@@H]2O[C@H](CO)[C@H](O)[C@H](O[C@]3(C(=O)O)C[C@H](O)[C@@H](NC(C)=O)C([C@H](O)[C@@H](CO)O[C@]4(C(=O)O)C[C@H](O)[C@@H](NC(C)=O)C([C@H](O)[C@@H](CO)O[C@]5(C(=O)O)C[C@H](O)[C@@H](NC(C)=O)C([C@H](O)[C@H](O)CO)O5)O4)O3)[C@H]2O)[C@H](O)[C@H]1O)NC(=O)CCCCCCCCCCCCCCCCCCCCCCCCC. The van der Waals surface area contributed by atoms with Crippen molar-refractivity contribution in [2.24, 2.45) is 0 Å². The van der Waals surface area contributed by atoms with Gasteiger partial charge in [-0.2, -0.15) is 0 Å². The molecule has 0 radical (unpaired) electrons. The Labute approximate surface area is 761 Å². The zero-order chi connectivity index (χ0) is 96.3. The molecule has 0 aromatic carbocycles. The zero-order valence-corrected chi connectivity index (χ0v) is 76.4. The number of hydrogen-bond donors (Lipinski definition) is 24. The van der Waals surface area contributed by atoms with Gasteiger partial charge in [-0.15, -0.1) is 0 Å². The Morgan fingerprint density at radius 1 is 0.415 bits per heavy atom. The number of rotatable bonds is 67. The lowest BCUT2D eigenvalue weighted by Gasteiger charge is -2.51. The first-order valence-electron chi connectivity index (χ1n) is 47.3. The minimum absolute atomic E-state index is 0.123. The minimum Gasteiger partial charge on any atom is -0.477 e. The van der Waals surface area contributed by atoms with E-state index in [1.165, 1.54) is 154 Å². The van der Waals surface area contributed by atoms with Crippen LogP contribution in [0.25, 0.3) is 0 Å². The molecule has 0 aromatic heterocycles. The van der Waals surface area contributed by atoms with Gasteiger partial charge in [0, 0.05) is 46.5 Å². The second-order valence-electron chi connectivity index (χ2n) is 35.7. The molecule has 0 aromatic rings. The number of carbonyl (C=O) groups is 7. The number of allylic oxidation sites excluding steroid dienone is 1. The van der Waals surface area contributed by atoms with Gasteiger partial charge in [0.1, 0.15) is 104 Å². The van der Waals surface area contributed by atoms with Crippen LogP contribution in [0.5, 0.6) is 0 Å². The number of hydrogen-bond acceptors (Lipinski definition) is 34. The first kappa shape index (κ1) is 115. The van der Waals surface area contributed by atoms with E-state index in [1.54, 1.807) is 6.08 Å². The van der Waals surface area contributed by atoms with Crippen LogP contribution in [0, 0.1) is 0 Å². The summed E-state index contributed by atoms with van der Waals surface area (Å²) in [5, 5.41) is 235. The summed E-state index contributed by atoms with van der Waals surface area (Å²) in [6.45, 7) is -0.0348. The maximum atomic E-state index is 13.9. The van der Waals surface area contributed by atoms with Gasteiger partial charge in [0.05, 0.1) is 88.2 Å². The lowest BCUT2D eigenvalue weighted by molar-refractivity contribution is -0.388. The summed E-state index contributed by atoms with van der Waals surface area (Å²) in [6.07, 6.45) is -11.4. The van der Waals surface area contributed by atoms with Crippen LogP contribution in [0.3, 0.4) is 0 Å². The first-order chi connectivity index (χ1) is 62.0. The van der Waals surface area contributed by atoms with E-state index in [0.717, 1.165) is 85.0 Å². The van der Waals surface area contributed by atoms with Crippen LogP contribution >= 0.6 is 0 Å². The summed E-state index contributed by atoms with van der Waals surface area (Å²) in [5.41, 5.74) is 0. The number of aliphatic carboxylic acids is 3. The molecule has 5 fully saturated rings. The Kier molecular flexibility index (Phi) is 53.7. The van der Waals surface area contributed by atoms with Gasteiger partial charge in [0.15, 0.2) is 12.6 Å². The van der Waals surface area contributed by atoms with Gasteiger partial charge in [-0.25, -0.2) is 14.4 Å². The summed E-state index contributed by atoms with van der Waals surface area (Å²) in [5.74, 6) is -20.6. The molecule has 41 nitrogen and oxygen atoms in total. The summed E-state index contributed by atoms with van der Waals surface area (Å²) in [7, 11) is 0. The molecule has 41 heteroatoms. The summed E-state index contributed by atoms with van der Waals surface area (Å²) in [6, 6.07) is -7.03. The largest absolute Gasteiger partial charge is 0.477 e. The molecule has 0 bridgehead atoms. The van der Waals surface area contributed by atoms with E-state index in [0.29, 0.717) is 12.8 Å². The Morgan fingerprint density at radius 3 is 1.13 bits per heavy atom. The van der Waals surface area contributed by atoms with Gasteiger partial charge in [-0.1, -0.05) is 231 Å². The third kappa shape index (κ3) is 36.1. The third-order valence-corrected chi connectivity index (χ3v) is 25.0. The van der Waals surface area contributed by atoms with Crippen molar-refractivity contribution in [2.75, 3.05) is 39.6 Å². The molecule has 5 rings (SSSR count). The molecule has 0 saturated carbocycles. The second kappa shape index (κ2) is 60.5. The molecule has 5 aliphatic rings. The monoisotopic (exact) mass is 1880 g/mol. The summed E-state index contributed by atoms with van der Waals surface area (Å²) < 4.78 is 58.3. The van der Waals surface area contributed by atoms with Gasteiger partial charge < -0.3 is 171 Å². The number of aliphatic hydroxyl groups excluding tert-OH is 17. The molecular weight excluding hydrogens is 1720 g/mol. The Bertz CT molecular complexity index is 3250. The molecule has 0 spiro atoms. The molecule has 130 heavy (non-hydrogen) atoms. The highest BCUT2D eigenvalue weighted by atomic mass is 16.8. The average Bonchev–Trinajstić information content (AvgIpc) is 0.746. The van der Waals surface area contributed by atoms with E-state index in [-0.39, 0.29) is 6.42 Å². The number of unbranched alkanes of at least 4 members (excludes halogenated alkanes) is 33. The van der Waals surface area contributed by atoms with Crippen LogP contribution in [0.2, 0.25) is 0 Å². The first-order valence-corrected chi connectivity index (χ1v) is 47.3. The predicted octanol–water partition coefficient (Wildman–Crippen LogP) is 0.634. The number of aliphatic hydroxyl groups is 17. The van der Waals surface area contributed by atoms with Crippen LogP contribution < -0.4 is 21.3 Å². The van der Waals surface area contributed by atoms with Crippen molar-refractivity contribution in [3.63, 3.8) is 0 Å². The predicted molar refractivity (Wildman–Crippen MR) is 461 cm³/mol. The van der Waals surface area contributed by atoms with E-state index in [1.807, 2.05) is 0 Å². The number of amides is 4. The fraction of sp³-hybridized carbons (Fsp3) is 0.899. The summed E-state index contributed by atoms with van der Waals surface area (Å²) >= 11 is 0. The quantitative estimate of drug-likeness (QED) is 0.0293. The molecule has 30 atom stereocenters. The lowest BCUT2D eigenvalue weighted by Crippen LogP contribution is -2.72. The summed E-state index contributed by atoms with van der Waals surface area (Å²) in [4.78, 5) is 92.3. The van der Waals surface area contributed by atoms with Gasteiger partial charge in [-0.05, 0) is 19.3 Å². The van der Waals surface area contributed by atoms with Crippen LogP contribution in [-0.2, 0) is 80.9 Å². The number of ether oxygens (including phenoxy) is 10. The van der Waals surface area contributed by atoms with Crippen molar-refractivity contribution in [1.82, 2.24) is 21.3 Å².